The third kappa shape index (κ3) is 4.60. The first kappa shape index (κ1) is 24.3. The molecule has 0 saturated heterocycles. The monoisotopic (exact) mass is 510 g/mol. The molecule has 0 aliphatic heterocycles. The minimum absolute atomic E-state index is 0.0686. The number of amides is 1. The molecule has 0 spiro atoms. The highest BCUT2D eigenvalue weighted by molar-refractivity contribution is 7.89. The van der Waals surface area contributed by atoms with Crippen LogP contribution in [0.25, 0.3) is 0 Å². The summed E-state index contributed by atoms with van der Waals surface area (Å²) < 4.78 is 27.2. The highest BCUT2D eigenvalue weighted by atomic mass is 32.2. The van der Waals surface area contributed by atoms with Gasteiger partial charge in [0, 0.05) is 47.1 Å². The van der Waals surface area contributed by atoms with Crippen LogP contribution in [0.5, 0.6) is 0 Å². The number of benzene rings is 4. The largest absolute Gasteiger partial charge is 0.322 e. The maximum absolute atomic E-state index is 13.0. The van der Waals surface area contributed by atoms with Crippen molar-refractivity contribution in [2.75, 3.05) is 12.4 Å². The number of nitrogens with one attached hydrogen (secondary N) is 1. The van der Waals surface area contributed by atoms with Crippen molar-refractivity contribution < 1.29 is 22.8 Å². The lowest BCUT2D eigenvalue weighted by molar-refractivity contribution is 0.0979. The van der Waals surface area contributed by atoms with Crippen LogP contribution in [0.15, 0.2) is 102 Å². The zero-order valence-electron chi connectivity index (χ0n) is 19.8. The van der Waals surface area contributed by atoms with Crippen molar-refractivity contribution in [1.29, 1.82) is 0 Å². The summed E-state index contributed by atoms with van der Waals surface area (Å²) in [6, 6.07) is 26.1. The summed E-state index contributed by atoms with van der Waals surface area (Å²) in [6.07, 6.45) is 0. The number of nitrogens with zero attached hydrogens (tertiary/aromatic N) is 1. The van der Waals surface area contributed by atoms with E-state index in [4.69, 9.17) is 0 Å². The van der Waals surface area contributed by atoms with Crippen molar-refractivity contribution in [3.05, 3.63) is 130 Å². The molecule has 37 heavy (non-hydrogen) atoms. The van der Waals surface area contributed by atoms with E-state index < -0.39 is 15.9 Å². The number of hydrogen-bond acceptors (Lipinski definition) is 5. The van der Waals surface area contributed by atoms with Crippen LogP contribution >= 0.6 is 0 Å². The van der Waals surface area contributed by atoms with Gasteiger partial charge in [-0.2, -0.15) is 4.31 Å². The van der Waals surface area contributed by atoms with Crippen LogP contribution in [0, 0.1) is 0 Å². The molecule has 0 aromatic heterocycles. The molecule has 0 bridgehead atoms. The first-order valence-corrected chi connectivity index (χ1v) is 12.9. The Morgan fingerprint density at radius 2 is 1.30 bits per heavy atom. The molecular formula is C29H22N2O5S. The molecule has 0 radical (unpaired) electrons. The van der Waals surface area contributed by atoms with Gasteiger partial charge in [0.25, 0.3) is 5.91 Å². The van der Waals surface area contributed by atoms with Crippen molar-refractivity contribution in [2.24, 2.45) is 0 Å². The molecule has 1 aliphatic rings. The smallest absolute Gasteiger partial charge is 0.255 e. The second-order valence-electron chi connectivity index (χ2n) is 8.69. The number of fused-ring (bicyclic) bond motifs is 2. The second kappa shape index (κ2) is 9.57. The van der Waals surface area contributed by atoms with E-state index in [0.717, 1.165) is 5.56 Å². The highest BCUT2D eigenvalue weighted by Gasteiger charge is 2.29. The highest BCUT2D eigenvalue weighted by Crippen LogP contribution is 2.29. The molecule has 4 aromatic carbocycles. The van der Waals surface area contributed by atoms with Crippen LogP contribution in [-0.2, 0) is 16.6 Å². The molecule has 1 amide bonds. The van der Waals surface area contributed by atoms with Gasteiger partial charge >= 0.3 is 0 Å². The van der Waals surface area contributed by atoms with E-state index in [1.165, 1.54) is 47.8 Å². The lowest BCUT2D eigenvalue weighted by atomic mass is 9.84. The summed E-state index contributed by atoms with van der Waals surface area (Å²) in [6.45, 7) is 0.218. The lowest BCUT2D eigenvalue weighted by Crippen LogP contribution is -2.26. The Balaban J connectivity index is 1.32. The van der Waals surface area contributed by atoms with Crippen molar-refractivity contribution in [2.45, 2.75) is 11.4 Å². The Morgan fingerprint density at radius 3 is 1.95 bits per heavy atom. The van der Waals surface area contributed by atoms with Gasteiger partial charge in [-0.3, -0.25) is 14.4 Å². The van der Waals surface area contributed by atoms with E-state index in [0.29, 0.717) is 16.8 Å². The van der Waals surface area contributed by atoms with Gasteiger partial charge < -0.3 is 5.32 Å². The minimum Gasteiger partial charge on any atom is -0.322 e. The Morgan fingerprint density at radius 1 is 0.730 bits per heavy atom. The molecule has 0 atom stereocenters. The third-order valence-electron chi connectivity index (χ3n) is 6.26. The van der Waals surface area contributed by atoms with E-state index in [2.05, 4.69) is 5.32 Å². The van der Waals surface area contributed by atoms with Gasteiger partial charge in [-0.25, -0.2) is 8.42 Å². The summed E-state index contributed by atoms with van der Waals surface area (Å²) in [5.74, 6) is -0.996. The topological polar surface area (TPSA) is 101 Å². The summed E-state index contributed by atoms with van der Waals surface area (Å²) in [5, 5.41) is 2.72. The van der Waals surface area contributed by atoms with Gasteiger partial charge in [0.1, 0.15) is 0 Å². The lowest BCUT2D eigenvalue weighted by Gasteiger charge is -2.18. The fourth-order valence-corrected chi connectivity index (χ4v) is 5.42. The molecule has 0 fully saturated rings. The SMILES string of the molecule is CN(Cc1ccccc1)S(=O)(=O)c1ccc(C(=O)Nc2ccc3c(c2)C(=O)c2ccccc2C3=O)cc1. The summed E-state index contributed by atoms with van der Waals surface area (Å²) in [7, 11) is -2.25. The number of rotatable bonds is 6. The standard InChI is InChI=1S/C29H22N2O5S/c1-31(18-19-7-3-2-4-8-19)37(35,36)22-14-11-20(12-15-22)29(34)30-21-13-16-25-26(17-21)28(33)24-10-6-5-9-23(24)27(25)32/h2-17H,18H2,1H3,(H,30,34). The first-order valence-electron chi connectivity index (χ1n) is 11.5. The molecule has 1 aliphatic carbocycles. The fourth-order valence-electron chi connectivity index (χ4n) is 4.26. The van der Waals surface area contributed by atoms with Gasteiger partial charge in [0.05, 0.1) is 4.90 Å². The Bertz CT molecular complexity index is 1650. The molecule has 0 heterocycles. The maximum Gasteiger partial charge on any atom is 0.255 e. The third-order valence-corrected chi connectivity index (χ3v) is 8.07. The summed E-state index contributed by atoms with van der Waals surface area (Å²) >= 11 is 0. The molecule has 1 N–H and O–H groups in total. The van der Waals surface area contributed by atoms with Gasteiger partial charge in [0.2, 0.25) is 10.0 Å². The van der Waals surface area contributed by atoms with Crippen molar-refractivity contribution in [3.8, 4) is 0 Å². The van der Waals surface area contributed by atoms with Crippen molar-refractivity contribution in [3.63, 3.8) is 0 Å². The van der Waals surface area contributed by atoms with Gasteiger partial charge in [-0.1, -0.05) is 54.6 Å². The van der Waals surface area contributed by atoms with E-state index in [1.54, 1.807) is 30.3 Å². The van der Waals surface area contributed by atoms with Crippen LogP contribution in [-0.4, -0.2) is 37.2 Å². The molecule has 0 unspecified atom stereocenters. The molecule has 5 rings (SSSR count). The van der Waals surface area contributed by atoms with Crippen LogP contribution in [0.2, 0.25) is 0 Å². The number of hydrogen-bond donors (Lipinski definition) is 1. The second-order valence-corrected chi connectivity index (χ2v) is 10.7. The van der Waals surface area contributed by atoms with Gasteiger partial charge in [0.15, 0.2) is 11.6 Å². The predicted octanol–water partition coefficient (Wildman–Crippen LogP) is 4.54. The normalized spacial score (nSPS) is 12.7. The molecule has 8 heteroatoms. The van der Waals surface area contributed by atoms with Crippen molar-refractivity contribution in [1.82, 2.24) is 4.31 Å². The minimum atomic E-state index is -3.75. The maximum atomic E-state index is 13.0. The fraction of sp³-hybridized carbons (Fsp3) is 0.0690. The van der Waals surface area contributed by atoms with Crippen molar-refractivity contribution >= 4 is 33.2 Å². The Kier molecular flexibility index (Phi) is 6.29. The van der Waals surface area contributed by atoms with E-state index >= 15 is 0 Å². The van der Waals surface area contributed by atoms with Crippen LogP contribution in [0.1, 0.15) is 47.8 Å². The molecule has 4 aromatic rings. The average Bonchev–Trinajstić information content (AvgIpc) is 2.92. The zero-order chi connectivity index (χ0) is 26.2. The number of sulfonamides is 1. The van der Waals surface area contributed by atoms with Crippen LogP contribution in [0.4, 0.5) is 5.69 Å². The predicted molar refractivity (Wildman–Crippen MR) is 139 cm³/mol. The van der Waals surface area contributed by atoms with Gasteiger partial charge in [-0.05, 0) is 48.0 Å². The Labute approximate surface area is 214 Å². The molecule has 0 saturated carbocycles. The number of ketones is 2. The molecule has 7 nitrogen and oxygen atoms in total. The van der Waals surface area contributed by atoms with Crippen LogP contribution in [0.3, 0.4) is 0 Å². The number of anilines is 1. The Hall–Kier alpha value is -4.40. The van der Waals surface area contributed by atoms with Gasteiger partial charge in [-0.15, -0.1) is 0 Å². The molecule has 184 valence electrons. The van der Waals surface area contributed by atoms with E-state index in [-0.39, 0.29) is 39.7 Å². The quantitative estimate of drug-likeness (QED) is 0.362. The number of carbonyl (C=O) groups is 3. The first-order chi connectivity index (χ1) is 17.8. The van der Waals surface area contributed by atoms with E-state index in [1.807, 2.05) is 30.3 Å². The average molecular weight is 511 g/mol. The van der Waals surface area contributed by atoms with E-state index in [9.17, 15) is 22.8 Å². The zero-order valence-corrected chi connectivity index (χ0v) is 20.7. The summed E-state index contributed by atoms with van der Waals surface area (Å²) in [5.41, 5.74) is 2.66. The van der Waals surface area contributed by atoms with Crippen LogP contribution < -0.4 is 5.32 Å². The number of carbonyl (C=O) groups excluding carboxylic acids is 3. The molecular weight excluding hydrogens is 488 g/mol. The summed E-state index contributed by atoms with van der Waals surface area (Å²) in [4.78, 5) is 38.6.